The predicted octanol–water partition coefficient (Wildman–Crippen LogP) is 2.79. The molecule has 0 spiro atoms. The van der Waals surface area contributed by atoms with Crippen LogP contribution in [0.2, 0.25) is 0 Å². The van der Waals surface area contributed by atoms with Crippen molar-refractivity contribution in [3.8, 4) is 0 Å². The standard InChI is InChI=1S/C18H18N4O5/c1-10-6-17(23)27-15-8-13(4-5-14(10)15)19-18(24)11(2)9-21-12(3)7-16(20-21)22(25)26/h4-8,11H,9H2,1-3H3,(H,19,24). The second-order valence-electron chi connectivity index (χ2n) is 6.43. The number of fused-ring (bicyclic) bond motifs is 1. The van der Waals surface area contributed by atoms with Gasteiger partial charge in [-0.3, -0.25) is 4.79 Å². The summed E-state index contributed by atoms with van der Waals surface area (Å²) in [4.78, 5) is 34.2. The van der Waals surface area contributed by atoms with Crippen LogP contribution in [-0.4, -0.2) is 20.6 Å². The van der Waals surface area contributed by atoms with Crippen LogP contribution in [0, 0.1) is 29.9 Å². The SMILES string of the molecule is Cc1cc(=O)oc2cc(NC(=O)C(C)Cn3nc([N+](=O)[O-])cc3C)ccc12. The molecule has 9 nitrogen and oxygen atoms in total. The molecule has 1 unspecified atom stereocenters. The molecular formula is C18H18N4O5. The number of aryl methyl sites for hydroxylation is 2. The minimum absolute atomic E-state index is 0.202. The number of nitrogens with zero attached hydrogens (tertiary/aromatic N) is 3. The molecule has 0 fully saturated rings. The molecule has 0 saturated heterocycles. The molecule has 1 amide bonds. The molecule has 140 valence electrons. The van der Waals surface area contributed by atoms with Gasteiger partial charge in [-0.25, -0.2) is 4.79 Å². The number of amides is 1. The van der Waals surface area contributed by atoms with E-state index in [1.807, 2.05) is 6.92 Å². The highest BCUT2D eigenvalue weighted by molar-refractivity contribution is 5.94. The van der Waals surface area contributed by atoms with Crippen LogP contribution in [-0.2, 0) is 11.3 Å². The zero-order valence-corrected chi connectivity index (χ0v) is 15.1. The van der Waals surface area contributed by atoms with Crippen LogP contribution in [0.4, 0.5) is 11.5 Å². The zero-order chi connectivity index (χ0) is 19.7. The molecule has 0 aliphatic rings. The van der Waals surface area contributed by atoms with Crippen LogP contribution in [0.3, 0.4) is 0 Å². The van der Waals surface area contributed by atoms with Gasteiger partial charge in [-0.1, -0.05) is 6.92 Å². The number of carbonyl (C=O) groups is 1. The highest BCUT2D eigenvalue weighted by Gasteiger charge is 2.21. The van der Waals surface area contributed by atoms with E-state index >= 15 is 0 Å². The number of hydrogen-bond donors (Lipinski definition) is 1. The smallest absolute Gasteiger partial charge is 0.390 e. The molecule has 1 N–H and O–H groups in total. The summed E-state index contributed by atoms with van der Waals surface area (Å²) in [6.07, 6.45) is 0. The maximum atomic E-state index is 12.5. The maximum absolute atomic E-state index is 12.5. The first-order chi connectivity index (χ1) is 12.7. The first kappa shape index (κ1) is 18.3. The Morgan fingerprint density at radius 2 is 2.07 bits per heavy atom. The average Bonchev–Trinajstić information content (AvgIpc) is 2.95. The van der Waals surface area contributed by atoms with Crippen molar-refractivity contribution in [3.05, 3.63) is 62.1 Å². The molecule has 3 aromatic rings. The van der Waals surface area contributed by atoms with Gasteiger partial charge in [0.2, 0.25) is 5.91 Å². The summed E-state index contributed by atoms with van der Waals surface area (Å²) >= 11 is 0. The third kappa shape index (κ3) is 3.86. The zero-order valence-electron chi connectivity index (χ0n) is 15.1. The van der Waals surface area contributed by atoms with E-state index in [9.17, 15) is 19.7 Å². The number of benzene rings is 1. The minimum Gasteiger partial charge on any atom is -0.423 e. The number of carbonyl (C=O) groups excluding carboxylic acids is 1. The summed E-state index contributed by atoms with van der Waals surface area (Å²) in [6.45, 7) is 5.41. The number of nitrogens with one attached hydrogen (secondary N) is 1. The van der Waals surface area contributed by atoms with Crippen LogP contribution in [0.5, 0.6) is 0 Å². The van der Waals surface area contributed by atoms with Gasteiger partial charge in [0, 0.05) is 23.2 Å². The molecule has 9 heteroatoms. The van der Waals surface area contributed by atoms with Crippen molar-refractivity contribution < 1.29 is 14.1 Å². The summed E-state index contributed by atoms with van der Waals surface area (Å²) in [5.74, 6) is -1.01. The second-order valence-corrected chi connectivity index (χ2v) is 6.43. The lowest BCUT2D eigenvalue weighted by molar-refractivity contribution is -0.389. The van der Waals surface area contributed by atoms with Crippen molar-refractivity contribution in [2.24, 2.45) is 5.92 Å². The van der Waals surface area contributed by atoms with Crippen molar-refractivity contribution in [2.75, 3.05) is 5.32 Å². The van der Waals surface area contributed by atoms with Crippen LogP contribution in [0.1, 0.15) is 18.2 Å². The van der Waals surface area contributed by atoms with Crippen LogP contribution in [0.15, 0.2) is 39.5 Å². The quantitative estimate of drug-likeness (QED) is 0.419. The molecule has 0 bridgehead atoms. The van der Waals surface area contributed by atoms with E-state index in [-0.39, 0.29) is 18.3 Å². The third-order valence-corrected chi connectivity index (χ3v) is 4.27. The third-order valence-electron chi connectivity index (χ3n) is 4.27. The fourth-order valence-corrected chi connectivity index (χ4v) is 2.78. The molecule has 0 radical (unpaired) electrons. The molecule has 0 saturated carbocycles. The van der Waals surface area contributed by atoms with Gasteiger partial charge < -0.3 is 19.8 Å². The van der Waals surface area contributed by atoms with Gasteiger partial charge >= 0.3 is 11.4 Å². The van der Waals surface area contributed by atoms with Crippen molar-refractivity contribution >= 4 is 28.4 Å². The van der Waals surface area contributed by atoms with Gasteiger partial charge in [0.15, 0.2) is 0 Å². The van der Waals surface area contributed by atoms with Crippen molar-refractivity contribution in [2.45, 2.75) is 27.3 Å². The lowest BCUT2D eigenvalue weighted by atomic mass is 10.1. The van der Waals surface area contributed by atoms with Crippen molar-refractivity contribution in [1.29, 1.82) is 0 Å². The second kappa shape index (κ2) is 7.02. The van der Waals surface area contributed by atoms with Crippen LogP contribution < -0.4 is 10.9 Å². The largest absolute Gasteiger partial charge is 0.423 e. The Labute approximate surface area is 153 Å². The van der Waals surface area contributed by atoms with E-state index in [1.54, 1.807) is 32.0 Å². The fourth-order valence-electron chi connectivity index (χ4n) is 2.78. The van der Waals surface area contributed by atoms with Gasteiger partial charge in [-0.05, 0) is 36.5 Å². The molecule has 0 aliphatic carbocycles. The van der Waals surface area contributed by atoms with E-state index < -0.39 is 16.5 Å². The molecule has 1 aromatic carbocycles. The lowest BCUT2D eigenvalue weighted by Crippen LogP contribution is -2.25. The van der Waals surface area contributed by atoms with Crippen LogP contribution in [0.25, 0.3) is 11.0 Å². The molecule has 1 atom stereocenters. The highest BCUT2D eigenvalue weighted by atomic mass is 16.6. The number of hydrogen-bond acceptors (Lipinski definition) is 6. The summed E-state index contributed by atoms with van der Waals surface area (Å²) in [7, 11) is 0. The molecule has 0 aliphatic heterocycles. The predicted molar refractivity (Wildman–Crippen MR) is 98.6 cm³/mol. The molecule has 3 rings (SSSR count). The van der Waals surface area contributed by atoms with Crippen molar-refractivity contribution in [1.82, 2.24) is 9.78 Å². The van der Waals surface area contributed by atoms with Crippen LogP contribution >= 0.6 is 0 Å². The minimum atomic E-state index is -0.570. The molecular weight excluding hydrogens is 352 g/mol. The fraction of sp³-hybridized carbons (Fsp3) is 0.278. The van der Waals surface area contributed by atoms with Gasteiger partial charge in [-0.2, -0.15) is 4.68 Å². The Kier molecular flexibility index (Phi) is 4.76. The normalized spacial score (nSPS) is 12.1. The summed E-state index contributed by atoms with van der Waals surface area (Å²) in [5.41, 5.74) is 1.83. The van der Waals surface area contributed by atoms with Gasteiger partial charge in [0.1, 0.15) is 5.58 Å². The summed E-state index contributed by atoms with van der Waals surface area (Å²) < 4.78 is 6.61. The maximum Gasteiger partial charge on any atom is 0.390 e. The van der Waals surface area contributed by atoms with Crippen molar-refractivity contribution in [3.63, 3.8) is 0 Å². The topological polar surface area (TPSA) is 120 Å². The highest BCUT2D eigenvalue weighted by Crippen LogP contribution is 2.21. The Morgan fingerprint density at radius 1 is 1.33 bits per heavy atom. The van der Waals surface area contributed by atoms with E-state index in [2.05, 4.69) is 10.4 Å². The molecule has 2 heterocycles. The van der Waals surface area contributed by atoms with Gasteiger partial charge in [-0.15, -0.1) is 0 Å². The van der Waals surface area contributed by atoms with E-state index in [0.29, 0.717) is 17.0 Å². The first-order valence-electron chi connectivity index (χ1n) is 8.29. The Hall–Kier alpha value is -3.49. The van der Waals surface area contributed by atoms with Gasteiger partial charge in [0.25, 0.3) is 0 Å². The lowest BCUT2D eigenvalue weighted by Gasteiger charge is -2.12. The number of aromatic nitrogens is 2. The molecule has 2 aromatic heterocycles. The number of anilines is 1. The Morgan fingerprint density at radius 3 is 2.74 bits per heavy atom. The Bertz CT molecular complexity index is 1100. The van der Waals surface area contributed by atoms with E-state index in [1.165, 1.54) is 16.8 Å². The summed E-state index contributed by atoms with van der Waals surface area (Å²) in [5, 5.41) is 18.2. The molecule has 27 heavy (non-hydrogen) atoms. The number of rotatable bonds is 5. The number of nitro groups is 1. The Balaban J connectivity index is 1.75. The van der Waals surface area contributed by atoms with E-state index in [0.717, 1.165) is 10.9 Å². The van der Waals surface area contributed by atoms with E-state index in [4.69, 9.17) is 4.42 Å². The van der Waals surface area contributed by atoms with Gasteiger partial charge in [0.05, 0.1) is 29.3 Å². The summed E-state index contributed by atoms with van der Waals surface area (Å²) in [6, 6.07) is 7.86. The first-order valence-corrected chi connectivity index (χ1v) is 8.29. The average molecular weight is 370 g/mol. The monoisotopic (exact) mass is 370 g/mol.